The zero-order valence-electron chi connectivity index (χ0n) is 32.6. The first-order valence-corrected chi connectivity index (χ1v) is 19.0. The molecule has 59 heavy (non-hydrogen) atoms. The first-order chi connectivity index (χ1) is 28.5. The number of aryl methyl sites for hydroxylation is 2. The Balaban J connectivity index is 1.26. The monoisotopic (exact) mass is 814 g/mol. The lowest BCUT2D eigenvalue weighted by atomic mass is 9.97. The van der Waals surface area contributed by atoms with E-state index in [-0.39, 0.29) is 29.3 Å². The predicted molar refractivity (Wildman–Crippen MR) is 211 cm³/mol. The van der Waals surface area contributed by atoms with Gasteiger partial charge in [-0.1, -0.05) is 44.2 Å². The topological polar surface area (TPSA) is 152 Å². The molecule has 0 atom stereocenters. The highest BCUT2D eigenvalue weighted by Crippen LogP contribution is 2.43. The molecule has 6 aromatic rings. The van der Waals surface area contributed by atoms with Gasteiger partial charge in [-0.15, -0.1) is 0 Å². The number of hydrogen-bond donors (Lipinski definition) is 2. The summed E-state index contributed by atoms with van der Waals surface area (Å²) in [6.45, 7) is 5.56. The summed E-state index contributed by atoms with van der Waals surface area (Å²) in [7, 11) is 1.28. The zero-order valence-corrected chi connectivity index (χ0v) is 32.6. The van der Waals surface area contributed by atoms with Crippen molar-refractivity contribution in [3.05, 3.63) is 118 Å². The summed E-state index contributed by atoms with van der Waals surface area (Å²) in [6, 6.07) is 15.7. The van der Waals surface area contributed by atoms with Gasteiger partial charge in [0.25, 0.3) is 0 Å². The first-order valence-electron chi connectivity index (χ1n) is 19.0. The van der Waals surface area contributed by atoms with Gasteiger partial charge in [0.05, 0.1) is 35.3 Å². The van der Waals surface area contributed by atoms with Gasteiger partial charge in [0.2, 0.25) is 12.7 Å². The van der Waals surface area contributed by atoms with Crippen molar-refractivity contribution in [1.29, 1.82) is 0 Å². The number of nitrogens with two attached hydrogens (primary N) is 1. The second-order valence-electron chi connectivity index (χ2n) is 13.8. The van der Waals surface area contributed by atoms with Crippen LogP contribution in [-0.2, 0) is 48.0 Å². The number of benzene rings is 3. The van der Waals surface area contributed by atoms with Gasteiger partial charge < -0.3 is 30.2 Å². The molecule has 0 saturated heterocycles. The number of ether oxygens (including phenoxy) is 3. The highest BCUT2D eigenvalue weighted by Gasteiger charge is 2.34. The third-order valence-corrected chi connectivity index (χ3v) is 10.2. The standard InChI is InChI=1S/C42H42F4N8O5/c1-4-26-7-6-8-27(5-2)35(26)54-36(32-23-52(17-14-34(32)51-54)40-49-21-29(22-50-40)42(44,45)46)31-19-33(43)38(57-3)37-30(31)13-18-53(37)41(56)59-24-58-39(55)28-11-9-25(10-12-28)20-48-16-15-47/h6-13,18-19,21-22,48H,4-5,14-17,20,23-24,47H2,1-3H3. The van der Waals surface area contributed by atoms with Crippen molar-refractivity contribution in [3.63, 3.8) is 0 Å². The molecule has 0 bridgehead atoms. The van der Waals surface area contributed by atoms with Crippen molar-refractivity contribution in [1.82, 2.24) is 29.6 Å². The van der Waals surface area contributed by atoms with E-state index in [1.807, 2.05) is 32.0 Å². The van der Waals surface area contributed by atoms with Crippen molar-refractivity contribution < 1.29 is 41.4 Å². The first kappa shape index (κ1) is 40.9. The maximum Gasteiger partial charge on any atom is 0.421 e. The number of halogens is 4. The number of esters is 1. The lowest BCUT2D eigenvalue weighted by molar-refractivity contribution is -0.138. The third kappa shape index (κ3) is 8.20. The highest BCUT2D eigenvalue weighted by molar-refractivity contribution is 6.03. The molecular weight excluding hydrogens is 773 g/mol. The number of aromatic nitrogens is 5. The number of alkyl halides is 3. The van der Waals surface area contributed by atoms with Crippen molar-refractivity contribution in [2.24, 2.45) is 5.73 Å². The Hall–Kier alpha value is -6.33. The normalized spacial score (nSPS) is 12.8. The number of nitrogens with one attached hydrogen (secondary N) is 1. The number of anilines is 1. The molecule has 3 N–H and O–H groups in total. The number of methoxy groups -OCH3 is 1. The predicted octanol–water partition coefficient (Wildman–Crippen LogP) is 6.99. The van der Waals surface area contributed by atoms with Crippen LogP contribution in [0.5, 0.6) is 5.75 Å². The number of para-hydroxylation sites is 1. The van der Waals surface area contributed by atoms with E-state index in [0.717, 1.165) is 39.3 Å². The van der Waals surface area contributed by atoms with E-state index in [4.69, 9.17) is 25.0 Å². The molecule has 0 saturated carbocycles. The molecule has 1 aliphatic rings. The van der Waals surface area contributed by atoms with Gasteiger partial charge in [-0.25, -0.2) is 33.2 Å². The lowest BCUT2D eigenvalue weighted by Crippen LogP contribution is -2.31. The number of rotatable bonds is 13. The molecule has 0 radical (unpaired) electrons. The summed E-state index contributed by atoms with van der Waals surface area (Å²) in [5.41, 5.74) is 10.9. The Bertz CT molecular complexity index is 2460. The molecule has 0 spiro atoms. The molecule has 308 valence electrons. The Kier molecular flexibility index (Phi) is 12.0. The van der Waals surface area contributed by atoms with Crippen molar-refractivity contribution in [2.75, 3.05) is 38.4 Å². The Morgan fingerprint density at radius 3 is 2.34 bits per heavy atom. The average Bonchev–Trinajstić information content (AvgIpc) is 3.85. The Labute approximate surface area is 336 Å². The molecule has 13 nitrogen and oxygen atoms in total. The zero-order chi connectivity index (χ0) is 41.8. The third-order valence-electron chi connectivity index (χ3n) is 10.2. The number of hydrogen-bond acceptors (Lipinski definition) is 11. The van der Waals surface area contributed by atoms with E-state index in [2.05, 4.69) is 15.3 Å². The fourth-order valence-electron chi connectivity index (χ4n) is 7.29. The van der Waals surface area contributed by atoms with Gasteiger partial charge in [-0.3, -0.25) is 0 Å². The smallest absolute Gasteiger partial charge is 0.421 e. The molecule has 0 fully saturated rings. The summed E-state index contributed by atoms with van der Waals surface area (Å²) < 4.78 is 75.4. The van der Waals surface area contributed by atoms with Gasteiger partial charge >= 0.3 is 18.2 Å². The Morgan fingerprint density at radius 1 is 0.983 bits per heavy atom. The van der Waals surface area contributed by atoms with Gasteiger partial charge in [0.15, 0.2) is 11.6 Å². The minimum atomic E-state index is -4.60. The number of carbonyl (C=O) groups excluding carboxylic acids is 2. The summed E-state index contributed by atoms with van der Waals surface area (Å²) in [4.78, 5) is 36.2. The fourth-order valence-corrected chi connectivity index (χ4v) is 7.29. The molecule has 1 aliphatic heterocycles. The van der Waals surface area contributed by atoms with Gasteiger partial charge in [0.1, 0.15) is 5.52 Å². The fraction of sp³-hybridized carbons (Fsp3) is 0.310. The van der Waals surface area contributed by atoms with Crippen LogP contribution in [0.4, 0.5) is 28.3 Å². The van der Waals surface area contributed by atoms with E-state index in [9.17, 15) is 22.8 Å². The average molecular weight is 815 g/mol. The number of nitrogens with zero attached hydrogens (tertiary/aromatic N) is 6. The van der Waals surface area contributed by atoms with Crippen LogP contribution >= 0.6 is 0 Å². The quantitative estimate of drug-likeness (QED) is 0.0538. The minimum absolute atomic E-state index is 0.0531. The van der Waals surface area contributed by atoms with Crippen LogP contribution in [0.1, 0.15) is 57.7 Å². The van der Waals surface area contributed by atoms with E-state index in [1.165, 1.54) is 19.4 Å². The summed E-state index contributed by atoms with van der Waals surface area (Å²) >= 11 is 0. The molecule has 0 aliphatic carbocycles. The summed E-state index contributed by atoms with van der Waals surface area (Å²) in [5.74, 6) is -1.63. The maximum absolute atomic E-state index is 16.4. The van der Waals surface area contributed by atoms with Crippen LogP contribution in [-0.4, -0.2) is 69.9 Å². The summed E-state index contributed by atoms with van der Waals surface area (Å²) in [6.07, 6.45) is -0.942. The largest absolute Gasteiger partial charge is 0.492 e. The van der Waals surface area contributed by atoms with Crippen molar-refractivity contribution in [2.45, 2.75) is 52.4 Å². The maximum atomic E-state index is 16.4. The molecule has 3 aromatic carbocycles. The highest BCUT2D eigenvalue weighted by atomic mass is 19.4. The molecule has 0 amide bonds. The Morgan fingerprint density at radius 2 is 1.69 bits per heavy atom. The van der Waals surface area contributed by atoms with Gasteiger partial charge in [0, 0.05) is 74.2 Å². The van der Waals surface area contributed by atoms with E-state index >= 15 is 4.39 Å². The second-order valence-corrected chi connectivity index (χ2v) is 13.8. The lowest BCUT2D eigenvalue weighted by Gasteiger charge is -2.27. The van der Waals surface area contributed by atoms with Crippen LogP contribution in [0.2, 0.25) is 0 Å². The van der Waals surface area contributed by atoms with Crippen molar-refractivity contribution in [3.8, 4) is 22.7 Å². The van der Waals surface area contributed by atoms with E-state index in [0.29, 0.717) is 73.3 Å². The van der Waals surface area contributed by atoms with Crippen LogP contribution < -0.4 is 20.7 Å². The van der Waals surface area contributed by atoms with Crippen LogP contribution in [0.3, 0.4) is 0 Å². The molecule has 0 unspecified atom stereocenters. The van der Waals surface area contributed by atoms with Crippen LogP contribution in [0, 0.1) is 5.82 Å². The molecule has 3 aromatic heterocycles. The molecule has 4 heterocycles. The van der Waals surface area contributed by atoms with E-state index < -0.39 is 36.4 Å². The molecular formula is C42H42F4N8O5. The minimum Gasteiger partial charge on any atom is -0.492 e. The van der Waals surface area contributed by atoms with Crippen molar-refractivity contribution >= 4 is 28.9 Å². The summed E-state index contributed by atoms with van der Waals surface area (Å²) in [5, 5.41) is 8.69. The SMILES string of the molecule is CCc1cccc(CC)c1-n1nc2c(c1-c1cc(F)c(OC)c3c1ccn3C(=O)OCOC(=O)c1ccc(CNCCN)cc1)CN(c1ncc(C(F)(F)F)cn1)CC2. The molecule has 7 rings (SSSR count). The second kappa shape index (κ2) is 17.3. The number of fused-ring (bicyclic) bond motifs is 2. The molecule has 17 heteroatoms. The van der Waals surface area contributed by atoms with Gasteiger partial charge in [-0.05, 0) is 53.8 Å². The van der Waals surface area contributed by atoms with E-state index in [1.54, 1.807) is 39.9 Å². The van der Waals surface area contributed by atoms with Crippen LogP contribution in [0.15, 0.2) is 73.2 Å². The van der Waals surface area contributed by atoms with Crippen LogP contribution in [0.25, 0.3) is 27.8 Å². The van der Waals surface area contributed by atoms with Gasteiger partial charge in [-0.2, -0.15) is 18.3 Å². The number of carbonyl (C=O) groups is 2.